The average Bonchev–Trinajstić information content (AvgIpc) is 2.41. The summed E-state index contributed by atoms with van der Waals surface area (Å²) < 4.78 is 5.16. The molecule has 0 bridgehead atoms. The van der Waals surface area contributed by atoms with E-state index in [1.165, 1.54) is 5.56 Å². The highest BCUT2D eigenvalue weighted by atomic mass is 16.6. The molecule has 0 fully saturated rings. The number of benzene rings is 1. The fraction of sp³-hybridized carbons (Fsp3) is 0.529. The van der Waals surface area contributed by atoms with Gasteiger partial charge in [-0.2, -0.15) is 0 Å². The van der Waals surface area contributed by atoms with Gasteiger partial charge in [-0.3, -0.25) is 9.59 Å². The molecular weight excluding hydrogens is 266 g/mol. The summed E-state index contributed by atoms with van der Waals surface area (Å²) in [6, 6.07) is 10.0. The topological polar surface area (TPSA) is 55.4 Å². The van der Waals surface area contributed by atoms with E-state index >= 15 is 0 Å². The first-order chi connectivity index (χ1) is 9.78. The van der Waals surface area contributed by atoms with Gasteiger partial charge in [0, 0.05) is 13.0 Å². The molecule has 1 amide bonds. The molecule has 0 spiro atoms. The lowest BCUT2D eigenvalue weighted by atomic mass is 10.0. The molecule has 0 saturated carbocycles. The minimum atomic E-state index is -0.505. The first-order valence-corrected chi connectivity index (χ1v) is 7.31. The largest absolute Gasteiger partial charge is 0.460 e. The van der Waals surface area contributed by atoms with Gasteiger partial charge in [0.2, 0.25) is 5.91 Å². The Morgan fingerprint density at radius 3 is 2.33 bits per heavy atom. The maximum atomic E-state index is 11.7. The van der Waals surface area contributed by atoms with Gasteiger partial charge in [0.05, 0.1) is 6.42 Å². The number of amides is 1. The molecular formula is C17H25NO3. The fourth-order valence-corrected chi connectivity index (χ4v) is 1.86. The van der Waals surface area contributed by atoms with E-state index in [0.717, 1.165) is 0 Å². The molecule has 0 aliphatic carbocycles. The monoisotopic (exact) mass is 291 g/mol. The van der Waals surface area contributed by atoms with Gasteiger partial charge >= 0.3 is 5.97 Å². The van der Waals surface area contributed by atoms with Gasteiger partial charge in [-0.1, -0.05) is 37.3 Å². The van der Waals surface area contributed by atoms with E-state index < -0.39 is 5.60 Å². The van der Waals surface area contributed by atoms with E-state index in [4.69, 9.17) is 4.74 Å². The van der Waals surface area contributed by atoms with Crippen LogP contribution in [0.4, 0.5) is 0 Å². The van der Waals surface area contributed by atoms with Gasteiger partial charge in [0.25, 0.3) is 0 Å². The van der Waals surface area contributed by atoms with Crippen molar-refractivity contribution in [1.29, 1.82) is 0 Å². The summed E-state index contributed by atoms with van der Waals surface area (Å²) in [5, 5.41) is 2.85. The maximum absolute atomic E-state index is 11.7. The van der Waals surface area contributed by atoms with Crippen molar-refractivity contribution in [2.24, 2.45) is 0 Å². The Balaban J connectivity index is 2.27. The van der Waals surface area contributed by atoms with Gasteiger partial charge in [-0.15, -0.1) is 0 Å². The minimum absolute atomic E-state index is 0.114. The molecule has 21 heavy (non-hydrogen) atoms. The molecule has 1 aromatic carbocycles. The van der Waals surface area contributed by atoms with Crippen LogP contribution >= 0.6 is 0 Å². The molecule has 4 heteroatoms. The van der Waals surface area contributed by atoms with Gasteiger partial charge in [-0.25, -0.2) is 0 Å². The molecule has 4 nitrogen and oxygen atoms in total. The molecule has 0 aliphatic rings. The fourth-order valence-electron chi connectivity index (χ4n) is 1.86. The van der Waals surface area contributed by atoms with Crippen molar-refractivity contribution in [1.82, 2.24) is 5.32 Å². The van der Waals surface area contributed by atoms with Crippen LogP contribution in [0.3, 0.4) is 0 Å². The van der Waals surface area contributed by atoms with Crippen LogP contribution < -0.4 is 5.32 Å². The van der Waals surface area contributed by atoms with Crippen molar-refractivity contribution in [2.45, 2.75) is 52.1 Å². The van der Waals surface area contributed by atoms with Crippen molar-refractivity contribution >= 4 is 11.9 Å². The summed E-state index contributed by atoms with van der Waals surface area (Å²) >= 11 is 0. The Kier molecular flexibility index (Phi) is 6.40. The number of carbonyl (C=O) groups is 2. The number of nitrogens with one attached hydrogen (secondary N) is 1. The van der Waals surface area contributed by atoms with Crippen LogP contribution in [-0.4, -0.2) is 24.0 Å². The molecule has 1 aromatic rings. The summed E-state index contributed by atoms with van der Waals surface area (Å²) in [4.78, 5) is 23.3. The number of rotatable bonds is 6. The Labute approximate surface area is 126 Å². The van der Waals surface area contributed by atoms with E-state index in [2.05, 4.69) is 12.2 Å². The molecule has 116 valence electrons. The van der Waals surface area contributed by atoms with Crippen LogP contribution in [0.25, 0.3) is 0 Å². The third kappa shape index (κ3) is 7.49. The zero-order chi connectivity index (χ0) is 15.9. The van der Waals surface area contributed by atoms with Crippen molar-refractivity contribution < 1.29 is 14.3 Å². The second kappa shape index (κ2) is 7.81. The number of esters is 1. The van der Waals surface area contributed by atoms with E-state index in [9.17, 15) is 9.59 Å². The van der Waals surface area contributed by atoms with E-state index in [1.807, 2.05) is 51.1 Å². The normalized spacial score (nSPS) is 12.6. The van der Waals surface area contributed by atoms with Crippen molar-refractivity contribution in [3.63, 3.8) is 0 Å². The number of ether oxygens (including phenoxy) is 1. The molecule has 0 radical (unpaired) electrons. The van der Waals surface area contributed by atoms with E-state index in [0.29, 0.717) is 6.54 Å². The number of hydrogen-bond acceptors (Lipinski definition) is 3. The standard InChI is InChI=1S/C17H25NO3/c1-13(14-8-6-5-7-9-14)12-18-15(19)10-11-16(20)21-17(2,3)4/h5-9,13H,10-12H2,1-4H3,(H,18,19). The Hall–Kier alpha value is -1.84. The molecule has 0 aromatic heterocycles. The Bertz CT molecular complexity index is 463. The van der Waals surface area contributed by atoms with E-state index in [1.54, 1.807) is 0 Å². The van der Waals surface area contributed by atoms with Crippen LogP contribution in [0.1, 0.15) is 52.0 Å². The highest BCUT2D eigenvalue weighted by Gasteiger charge is 2.17. The number of carbonyl (C=O) groups excluding carboxylic acids is 2. The predicted octanol–water partition coefficient (Wildman–Crippen LogP) is 3.03. The molecule has 0 heterocycles. The van der Waals surface area contributed by atoms with Crippen molar-refractivity contribution in [3.8, 4) is 0 Å². The molecule has 1 N–H and O–H groups in total. The van der Waals surface area contributed by atoms with Gasteiger partial charge < -0.3 is 10.1 Å². The predicted molar refractivity (Wildman–Crippen MR) is 82.9 cm³/mol. The van der Waals surface area contributed by atoms with Gasteiger partial charge in [0.1, 0.15) is 5.60 Å². The van der Waals surface area contributed by atoms with Crippen molar-refractivity contribution in [3.05, 3.63) is 35.9 Å². The minimum Gasteiger partial charge on any atom is -0.460 e. The average molecular weight is 291 g/mol. The second-order valence-corrected chi connectivity index (χ2v) is 6.20. The van der Waals surface area contributed by atoms with Crippen LogP contribution in [0.2, 0.25) is 0 Å². The Morgan fingerprint density at radius 2 is 1.76 bits per heavy atom. The summed E-state index contributed by atoms with van der Waals surface area (Å²) in [5.74, 6) is -0.214. The number of hydrogen-bond donors (Lipinski definition) is 1. The Morgan fingerprint density at radius 1 is 1.14 bits per heavy atom. The lowest BCUT2D eigenvalue weighted by Gasteiger charge is -2.19. The summed E-state index contributed by atoms with van der Waals surface area (Å²) in [6.07, 6.45) is 0.277. The zero-order valence-electron chi connectivity index (χ0n) is 13.3. The summed E-state index contributed by atoms with van der Waals surface area (Å²) in [7, 11) is 0. The zero-order valence-corrected chi connectivity index (χ0v) is 13.3. The molecule has 1 atom stereocenters. The van der Waals surface area contributed by atoms with Crippen LogP contribution in [0.5, 0.6) is 0 Å². The van der Waals surface area contributed by atoms with Crippen LogP contribution in [0, 0.1) is 0 Å². The SMILES string of the molecule is CC(CNC(=O)CCC(=O)OC(C)(C)C)c1ccccc1. The highest BCUT2D eigenvalue weighted by molar-refractivity contribution is 5.81. The highest BCUT2D eigenvalue weighted by Crippen LogP contribution is 2.13. The smallest absolute Gasteiger partial charge is 0.306 e. The first-order valence-electron chi connectivity index (χ1n) is 7.31. The summed E-state index contributed by atoms with van der Waals surface area (Å²) in [6.45, 7) is 8.06. The molecule has 0 aliphatic heterocycles. The quantitative estimate of drug-likeness (QED) is 0.820. The van der Waals surface area contributed by atoms with Crippen LogP contribution in [-0.2, 0) is 14.3 Å². The molecule has 1 rings (SSSR count). The molecule has 0 saturated heterocycles. The molecule has 1 unspecified atom stereocenters. The van der Waals surface area contributed by atoms with Crippen molar-refractivity contribution in [2.75, 3.05) is 6.54 Å². The van der Waals surface area contributed by atoms with Gasteiger partial charge in [-0.05, 0) is 32.3 Å². The summed E-state index contributed by atoms with van der Waals surface area (Å²) in [5.41, 5.74) is 0.681. The first kappa shape index (κ1) is 17.2. The van der Waals surface area contributed by atoms with Crippen LogP contribution in [0.15, 0.2) is 30.3 Å². The maximum Gasteiger partial charge on any atom is 0.306 e. The second-order valence-electron chi connectivity index (χ2n) is 6.20. The lowest BCUT2D eigenvalue weighted by Crippen LogP contribution is -2.29. The third-order valence-corrected chi connectivity index (χ3v) is 2.95. The van der Waals surface area contributed by atoms with E-state index in [-0.39, 0.29) is 30.6 Å². The lowest BCUT2D eigenvalue weighted by molar-refractivity contribution is -0.155. The van der Waals surface area contributed by atoms with Gasteiger partial charge in [0.15, 0.2) is 0 Å². The third-order valence-electron chi connectivity index (χ3n) is 2.95.